The van der Waals surface area contributed by atoms with Crippen molar-refractivity contribution in [2.75, 3.05) is 6.61 Å². The highest BCUT2D eigenvalue weighted by atomic mass is 79.9. The summed E-state index contributed by atoms with van der Waals surface area (Å²) in [5.74, 6) is -0.175. The van der Waals surface area contributed by atoms with E-state index in [2.05, 4.69) is 26.5 Å². The molecule has 0 spiro atoms. The highest BCUT2D eigenvalue weighted by molar-refractivity contribution is 9.10. The molecular weight excluding hydrogens is 496 g/mol. The molecule has 0 aromatic heterocycles. The van der Waals surface area contributed by atoms with Crippen LogP contribution in [0.2, 0.25) is 5.02 Å². The van der Waals surface area contributed by atoms with Crippen molar-refractivity contribution in [3.8, 4) is 11.5 Å². The van der Waals surface area contributed by atoms with Gasteiger partial charge >= 0.3 is 5.97 Å². The van der Waals surface area contributed by atoms with Crippen LogP contribution in [0, 0.1) is 0 Å². The zero-order chi connectivity index (χ0) is 22.8. The zero-order valence-corrected chi connectivity index (χ0v) is 19.0. The monoisotopic (exact) mass is 512 g/mol. The van der Waals surface area contributed by atoms with E-state index >= 15 is 0 Å². The van der Waals surface area contributed by atoms with Crippen molar-refractivity contribution >= 4 is 51.7 Å². The third-order valence-electron chi connectivity index (χ3n) is 3.97. The fourth-order valence-electron chi connectivity index (χ4n) is 2.47. The summed E-state index contributed by atoms with van der Waals surface area (Å²) in [7, 11) is 0. The molecule has 32 heavy (non-hydrogen) atoms. The van der Waals surface area contributed by atoms with Crippen LogP contribution in [0.3, 0.4) is 0 Å². The quantitative estimate of drug-likeness (QED) is 0.147. The van der Waals surface area contributed by atoms with Crippen LogP contribution >= 0.6 is 27.5 Å². The first kappa shape index (κ1) is 23.2. The van der Waals surface area contributed by atoms with Gasteiger partial charge in [0.1, 0.15) is 11.5 Å². The zero-order valence-electron chi connectivity index (χ0n) is 16.7. The van der Waals surface area contributed by atoms with E-state index < -0.39 is 11.9 Å². The van der Waals surface area contributed by atoms with Crippen molar-refractivity contribution in [2.24, 2.45) is 5.10 Å². The lowest BCUT2D eigenvalue weighted by Gasteiger charge is -2.07. The number of hydrogen-bond donors (Lipinski definition) is 1. The average molecular weight is 514 g/mol. The molecule has 3 aromatic carbocycles. The minimum atomic E-state index is -0.536. The van der Waals surface area contributed by atoms with E-state index in [-0.39, 0.29) is 6.61 Å². The number of hydrogen-bond acceptors (Lipinski definition) is 5. The molecule has 6 nitrogen and oxygen atoms in total. The maximum absolute atomic E-state index is 12.2. The summed E-state index contributed by atoms with van der Waals surface area (Å²) in [5.41, 5.74) is 3.75. The molecule has 0 radical (unpaired) electrons. The number of carbonyl (C=O) groups excluding carboxylic acids is 2. The molecule has 0 aliphatic heterocycles. The minimum absolute atomic E-state index is 0.219. The van der Waals surface area contributed by atoms with Crippen LogP contribution in [0.5, 0.6) is 11.5 Å². The third kappa shape index (κ3) is 7.68. The van der Waals surface area contributed by atoms with E-state index in [0.29, 0.717) is 22.1 Å². The van der Waals surface area contributed by atoms with E-state index in [4.69, 9.17) is 21.1 Å². The van der Waals surface area contributed by atoms with Crippen LogP contribution < -0.4 is 14.9 Å². The summed E-state index contributed by atoms with van der Waals surface area (Å²) in [6, 6.07) is 21.1. The van der Waals surface area contributed by atoms with Crippen molar-refractivity contribution in [1.82, 2.24) is 5.43 Å². The molecule has 0 aliphatic carbocycles. The predicted octanol–water partition coefficient (Wildman–Crippen LogP) is 5.25. The van der Waals surface area contributed by atoms with Crippen LogP contribution in [0.25, 0.3) is 6.08 Å². The van der Waals surface area contributed by atoms with Crippen LogP contribution in [-0.2, 0) is 9.59 Å². The Morgan fingerprint density at radius 3 is 2.53 bits per heavy atom. The first-order valence-corrected chi connectivity index (χ1v) is 10.6. The van der Waals surface area contributed by atoms with Gasteiger partial charge in [0.2, 0.25) is 0 Å². The van der Waals surface area contributed by atoms with E-state index in [0.717, 1.165) is 10.0 Å². The number of nitrogens with one attached hydrogen (secondary N) is 1. The van der Waals surface area contributed by atoms with Crippen molar-refractivity contribution in [1.29, 1.82) is 0 Å². The molecule has 3 rings (SSSR count). The second-order valence-corrected chi connectivity index (χ2v) is 7.74. The predicted molar refractivity (Wildman–Crippen MR) is 128 cm³/mol. The molecule has 162 valence electrons. The summed E-state index contributed by atoms with van der Waals surface area (Å²) in [6.07, 6.45) is 4.39. The number of carbonyl (C=O) groups is 2. The SMILES string of the molecule is O=C(COc1ccc(Cl)cc1)N/N=C/c1cc(Br)ccc1OC(=O)/C=C/c1ccccc1. The van der Waals surface area contributed by atoms with Gasteiger partial charge in [-0.25, -0.2) is 10.2 Å². The second kappa shape index (κ2) is 11.8. The van der Waals surface area contributed by atoms with Crippen LogP contribution in [0.4, 0.5) is 0 Å². The van der Waals surface area contributed by atoms with Gasteiger partial charge in [-0.2, -0.15) is 5.10 Å². The molecule has 0 unspecified atom stereocenters. The minimum Gasteiger partial charge on any atom is -0.484 e. The van der Waals surface area contributed by atoms with Gasteiger partial charge in [0.15, 0.2) is 6.61 Å². The molecule has 0 heterocycles. The van der Waals surface area contributed by atoms with E-state index in [9.17, 15) is 9.59 Å². The highest BCUT2D eigenvalue weighted by Gasteiger charge is 2.08. The molecule has 1 N–H and O–H groups in total. The summed E-state index contributed by atoms with van der Waals surface area (Å²) >= 11 is 9.18. The van der Waals surface area contributed by atoms with Crippen molar-refractivity contribution < 1.29 is 19.1 Å². The van der Waals surface area contributed by atoms with Crippen LogP contribution in [-0.4, -0.2) is 24.7 Å². The molecule has 3 aromatic rings. The maximum Gasteiger partial charge on any atom is 0.336 e. The topological polar surface area (TPSA) is 77.0 Å². The number of benzene rings is 3. The molecule has 0 aliphatic rings. The summed E-state index contributed by atoms with van der Waals surface area (Å²) in [4.78, 5) is 24.1. The molecule has 1 amide bonds. The summed E-state index contributed by atoms with van der Waals surface area (Å²) < 4.78 is 11.5. The number of rotatable bonds is 8. The Labute approximate surface area is 198 Å². The number of amides is 1. The van der Waals surface area contributed by atoms with Crippen molar-refractivity contribution in [3.05, 3.63) is 99.5 Å². The Morgan fingerprint density at radius 1 is 1.03 bits per heavy atom. The van der Waals surface area contributed by atoms with Gasteiger partial charge in [-0.05, 0) is 54.1 Å². The van der Waals surface area contributed by atoms with Gasteiger partial charge in [0.05, 0.1) is 6.21 Å². The lowest BCUT2D eigenvalue weighted by atomic mass is 10.2. The second-order valence-electron chi connectivity index (χ2n) is 6.38. The maximum atomic E-state index is 12.2. The highest BCUT2D eigenvalue weighted by Crippen LogP contribution is 2.22. The molecular formula is C24H18BrClN2O4. The Hall–Kier alpha value is -3.42. The van der Waals surface area contributed by atoms with E-state index in [1.54, 1.807) is 48.5 Å². The summed E-state index contributed by atoms with van der Waals surface area (Å²) in [6.45, 7) is -0.219. The fourth-order valence-corrected chi connectivity index (χ4v) is 2.97. The van der Waals surface area contributed by atoms with E-state index in [1.165, 1.54) is 12.3 Å². The number of hydrazone groups is 1. The first-order valence-electron chi connectivity index (χ1n) is 9.44. The van der Waals surface area contributed by atoms with Crippen molar-refractivity contribution in [3.63, 3.8) is 0 Å². The molecule has 0 fully saturated rings. The Kier molecular flexibility index (Phi) is 8.60. The summed E-state index contributed by atoms with van der Waals surface area (Å²) in [5, 5.41) is 4.49. The Balaban J connectivity index is 1.57. The fraction of sp³-hybridized carbons (Fsp3) is 0.0417. The first-order chi connectivity index (χ1) is 15.5. The van der Waals surface area contributed by atoms with E-state index in [1.807, 2.05) is 30.3 Å². The number of nitrogens with zero attached hydrogens (tertiary/aromatic N) is 1. The van der Waals surface area contributed by atoms with Gasteiger partial charge < -0.3 is 9.47 Å². The Morgan fingerprint density at radius 2 is 1.78 bits per heavy atom. The largest absolute Gasteiger partial charge is 0.484 e. The third-order valence-corrected chi connectivity index (χ3v) is 4.72. The molecule has 0 bridgehead atoms. The molecule has 8 heteroatoms. The van der Waals surface area contributed by atoms with Crippen molar-refractivity contribution in [2.45, 2.75) is 0 Å². The number of esters is 1. The van der Waals surface area contributed by atoms with Crippen LogP contribution in [0.15, 0.2) is 88.4 Å². The van der Waals surface area contributed by atoms with Gasteiger partial charge in [-0.15, -0.1) is 0 Å². The Bertz CT molecular complexity index is 1130. The van der Waals surface area contributed by atoms with Gasteiger partial charge in [0, 0.05) is 21.1 Å². The van der Waals surface area contributed by atoms with Gasteiger partial charge in [0.25, 0.3) is 5.91 Å². The standard InChI is InChI=1S/C24H18BrClN2O4/c25-19-7-12-22(32-24(30)13-6-17-4-2-1-3-5-17)18(14-19)15-27-28-23(29)16-31-21-10-8-20(26)9-11-21/h1-15H,16H2,(H,28,29)/b13-6+,27-15+. The molecule has 0 saturated heterocycles. The number of halogens is 2. The average Bonchev–Trinajstić information content (AvgIpc) is 2.80. The smallest absolute Gasteiger partial charge is 0.336 e. The van der Waals surface area contributed by atoms with Gasteiger partial charge in [-0.1, -0.05) is 57.9 Å². The van der Waals surface area contributed by atoms with Crippen LogP contribution in [0.1, 0.15) is 11.1 Å². The molecule has 0 saturated carbocycles. The normalized spacial score (nSPS) is 10.9. The number of ether oxygens (including phenoxy) is 2. The van der Waals surface area contributed by atoms with Gasteiger partial charge in [-0.3, -0.25) is 4.79 Å². The lowest BCUT2D eigenvalue weighted by molar-refractivity contribution is -0.129. The molecule has 0 atom stereocenters. The lowest BCUT2D eigenvalue weighted by Crippen LogP contribution is -2.24.